The van der Waals surface area contributed by atoms with Crippen LogP contribution in [0.4, 0.5) is 0 Å². The van der Waals surface area contributed by atoms with Gasteiger partial charge in [-0.15, -0.1) is 11.3 Å². The molecule has 0 spiro atoms. The lowest BCUT2D eigenvalue weighted by molar-refractivity contribution is 0.669. The Balaban J connectivity index is 1.18. The number of thiophene rings is 1. The quantitative estimate of drug-likeness (QED) is 0.195. The molecule has 10 aromatic rings. The van der Waals surface area contributed by atoms with Gasteiger partial charge >= 0.3 is 0 Å². The van der Waals surface area contributed by atoms with E-state index in [4.69, 9.17) is 19.4 Å². The summed E-state index contributed by atoms with van der Waals surface area (Å²) in [6.45, 7) is 0. The Morgan fingerprint density at radius 3 is 1.92 bits per heavy atom. The van der Waals surface area contributed by atoms with Crippen LogP contribution in [-0.4, -0.2) is 15.0 Å². The summed E-state index contributed by atoms with van der Waals surface area (Å²) in [5.74, 6) is 1.92. The van der Waals surface area contributed by atoms with E-state index in [9.17, 15) is 0 Å². The molecule has 4 nitrogen and oxygen atoms in total. The lowest BCUT2D eigenvalue weighted by Crippen LogP contribution is -2.00. The Labute approximate surface area is 278 Å². The fourth-order valence-corrected chi connectivity index (χ4v) is 8.76. The Morgan fingerprint density at radius 1 is 0.417 bits per heavy atom. The van der Waals surface area contributed by atoms with Gasteiger partial charge in [0, 0.05) is 47.6 Å². The summed E-state index contributed by atoms with van der Waals surface area (Å²) in [5.41, 5.74) is 9.49. The molecule has 48 heavy (non-hydrogen) atoms. The monoisotopic (exact) mass is 629 g/mol. The van der Waals surface area contributed by atoms with E-state index < -0.39 is 0 Å². The van der Waals surface area contributed by atoms with Crippen LogP contribution in [0.3, 0.4) is 0 Å². The molecule has 5 heteroatoms. The molecule has 0 bridgehead atoms. The van der Waals surface area contributed by atoms with Gasteiger partial charge in [0.15, 0.2) is 17.5 Å². The minimum atomic E-state index is 0.621. The minimum absolute atomic E-state index is 0.621. The molecule has 0 amide bonds. The number of hydrogen-bond donors (Lipinski definition) is 0. The summed E-state index contributed by atoms with van der Waals surface area (Å²) in [6, 6.07) is 48.9. The minimum Gasteiger partial charge on any atom is -0.456 e. The highest BCUT2D eigenvalue weighted by Gasteiger charge is 2.25. The maximum Gasteiger partial charge on any atom is 0.165 e. The molecule has 0 aliphatic heterocycles. The smallest absolute Gasteiger partial charge is 0.165 e. The van der Waals surface area contributed by atoms with Crippen LogP contribution in [0.5, 0.6) is 0 Å². The zero-order valence-electron chi connectivity index (χ0n) is 25.4. The lowest BCUT2D eigenvalue weighted by atomic mass is 9.99. The fourth-order valence-electron chi connectivity index (χ4n) is 7.55. The van der Waals surface area contributed by atoms with Crippen molar-refractivity contribution in [2.75, 3.05) is 0 Å². The standard InChI is InChI=1S/C43H23N3OS/c1-2-10-25(11-3-1)41-44-42(46-43(45-41)31-19-8-17-29-26-14-4-5-21-37(26)48-40(29)31)30-18-9-20-35-39(30)34-22-32-27-15-6-12-24-13-7-16-28(38(24)27)33(32)23-36(34)47-35/h1-23H. The molecule has 0 fully saturated rings. The van der Waals surface area contributed by atoms with Gasteiger partial charge in [-0.3, -0.25) is 0 Å². The first-order valence-electron chi connectivity index (χ1n) is 16.0. The van der Waals surface area contributed by atoms with Crippen LogP contribution in [0.2, 0.25) is 0 Å². The molecule has 3 aromatic heterocycles. The Bertz CT molecular complexity index is 2950. The number of furan rings is 1. The third-order valence-electron chi connectivity index (χ3n) is 9.67. The third-order valence-corrected chi connectivity index (χ3v) is 10.9. The van der Waals surface area contributed by atoms with Crippen molar-refractivity contribution >= 4 is 64.2 Å². The van der Waals surface area contributed by atoms with Crippen molar-refractivity contribution in [2.45, 2.75) is 0 Å². The Morgan fingerprint density at radius 2 is 1.06 bits per heavy atom. The van der Waals surface area contributed by atoms with Crippen LogP contribution in [0.25, 0.3) is 109 Å². The summed E-state index contributed by atoms with van der Waals surface area (Å²) in [4.78, 5) is 15.5. The van der Waals surface area contributed by atoms with Crippen LogP contribution in [0, 0.1) is 0 Å². The molecule has 0 atom stereocenters. The SMILES string of the molecule is c1ccc(-c2nc(-c3cccc4c3sc3ccccc34)nc(-c3cccc4oc5cc6c(cc5c34)-c3cccc4cccc-6c34)n2)cc1. The molecule has 1 aliphatic carbocycles. The van der Waals surface area contributed by atoms with E-state index >= 15 is 0 Å². The average molecular weight is 630 g/mol. The second-order valence-corrected chi connectivity index (χ2v) is 13.4. The highest BCUT2D eigenvalue weighted by atomic mass is 32.1. The molecule has 222 valence electrons. The first-order chi connectivity index (χ1) is 23.8. The van der Waals surface area contributed by atoms with Gasteiger partial charge < -0.3 is 4.42 Å². The molecule has 0 saturated carbocycles. The van der Waals surface area contributed by atoms with Crippen molar-refractivity contribution in [1.82, 2.24) is 15.0 Å². The topological polar surface area (TPSA) is 51.8 Å². The highest BCUT2D eigenvalue weighted by Crippen LogP contribution is 2.50. The third kappa shape index (κ3) is 3.62. The zero-order chi connectivity index (χ0) is 31.3. The van der Waals surface area contributed by atoms with Gasteiger partial charge in [0.05, 0.1) is 0 Å². The molecule has 7 aromatic carbocycles. The summed E-state index contributed by atoms with van der Waals surface area (Å²) in [6.07, 6.45) is 0. The van der Waals surface area contributed by atoms with E-state index in [0.717, 1.165) is 38.6 Å². The van der Waals surface area contributed by atoms with E-state index in [0.29, 0.717) is 17.5 Å². The van der Waals surface area contributed by atoms with Crippen LogP contribution in [0.1, 0.15) is 0 Å². The van der Waals surface area contributed by atoms with Gasteiger partial charge in [-0.2, -0.15) is 0 Å². The molecule has 0 radical (unpaired) electrons. The first-order valence-corrected chi connectivity index (χ1v) is 16.8. The summed E-state index contributed by atoms with van der Waals surface area (Å²) in [5, 5.41) is 7.08. The van der Waals surface area contributed by atoms with Crippen molar-refractivity contribution in [1.29, 1.82) is 0 Å². The van der Waals surface area contributed by atoms with Gasteiger partial charge in [0.2, 0.25) is 0 Å². The van der Waals surface area contributed by atoms with Gasteiger partial charge in [0.1, 0.15) is 11.2 Å². The van der Waals surface area contributed by atoms with Gasteiger partial charge in [-0.1, -0.05) is 109 Å². The van der Waals surface area contributed by atoms with Crippen molar-refractivity contribution in [3.05, 3.63) is 140 Å². The van der Waals surface area contributed by atoms with E-state index in [1.165, 1.54) is 53.2 Å². The van der Waals surface area contributed by atoms with Crippen molar-refractivity contribution in [3.63, 3.8) is 0 Å². The molecule has 0 N–H and O–H groups in total. The molecule has 3 heterocycles. The number of hydrogen-bond acceptors (Lipinski definition) is 5. The molecule has 0 unspecified atom stereocenters. The first kappa shape index (κ1) is 26.0. The largest absolute Gasteiger partial charge is 0.456 e. The molecule has 0 saturated heterocycles. The van der Waals surface area contributed by atoms with E-state index in [2.05, 4.69) is 109 Å². The van der Waals surface area contributed by atoms with Crippen molar-refractivity contribution in [2.24, 2.45) is 0 Å². The summed E-state index contributed by atoms with van der Waals surface area (Å²) >= 11 is 1.78. The average Bonchev–Trinajstić information content (AvgIpc) is 3.81. The van der Waals surface area contributed by atoms with Crippen LogP contribution >= 0.6 is 11.3 Å². The molecular weight excluding hydrogens is 607 g/mol. The van der Waals surface area contributed by atoms with E-state index in [1.807, 2.05) is 30.3 Å². The van der Waals surface area contributed by atoms with Crippen molar-refractivity contribution in [3.8, 4) is 56.4 Å². The van der Waals surface area contributed by atoms with Gasteiger partial charge in [-0.25, -0.2) is 15.0 Å². The maximum absolute atomic E-state index is 6.59. The second-order valence-electron chi connectivity index (χ2n) is 12.3. The van der Waals surface area contributed by atoms with Crippen LogP contribution < -0.4 is 0 Å². The number of fused-ring (bicyclic) bond motifs is 9. The predicted molar refractivity (Wildman–Crippen MR) is 198 cm³/mol. The molecule has 11 rings (SSSR count). The maximum atomic E-state index is 6.59. The molecular formula is C43H23N3OS. The van der Waals surface area contributed by atoms with Crippen LogP contribution in [0.15, 0.2) is 144 Å². The Kier molecular flexibility index (Phi) is 5.23. The Hall–Kier alpha value is -6.17. The van der Waals surface area contributed by atoms with Gasteiger partial charge in [-0.05, 0) is 63.4 Å². The summed E-state index contributed by atoms with van der Waals surface area (Å²) in [7, 11) is 0. The number of aromatic nitrogens is 3. The highest BCUT2D eigenvalue weighted by molar-refractivity contribution is 7.26. The van der Waals surface area contributed by atoms with Crippen LogP contribution in [-0.2, 0) is 0 Å². The normalized spacial score (nSPS) is 12.2. The van der Waals surface area contributed by atoms with E-state index in [-0.39, 0.29) is 0 Å². The number of rotatable bonds is 3. The zero-order valence-corrected chi connectivity index (χ0v) is 26.3. The number of nitrogens with zero attached hydrogens (tertiary/aromatic N) is 3. The van der Waals surface area contributed by atoms with Gasteiger partial charge in [0.25, 0.3) is 0 Å². The van der Waals surface area contributed by atoms with Crippen molar-refractivity contribution < 1.29 is 4.42 Å². The predicted octanol–water partition coefficient (Wildman–Crippen LogP) is 11.9. The fraction of sp³-hybridized carbons (Fsp3) is 0. The summed E-state index contributed by atoms with van der Waals surface area (Å²) < 4.78 is 9.01. The van der Waals surface area contributed by atoms with E-state index in [1.54, 1.807) is 11.3 Å². The molecule has 1 aliphatic rings. The second kappa shape index (κ2) is 9.67. The number of benzene rings is 7. The lowest BCUT2D eigenvalue weighted by Gasteiger charge is -2.10.